The third-order valence-electron chi connectivity index (χ3n) is 4.25. The van der Waals surface area contributed by atoms with Gasteiger partial charge in [0.05, 0.1) is 24.5 Å². The Morgan fingerprint density at radius 3 is 2.69 bits per heavy atom. The fourth-order valence-corrected chi connectivity index (χ4v) is 4.05. The standard InChI is InChI=1S/C18H24N4O3S/c1-20(2)14-18(23)17-12-16-13-21(9-10-22(16)19-17)26(24,25)11-8-15-6-4-3-5-7-15/h3-8,11-12,18,23H,9-10,13-14H2,1-2H3/b11-8+/t18-/m0/s1. The number of benzene rings is 1. The SMILES string of the molecule is CN(C)C[C@H](O)c1cc2n(n1)CCN(S(=O)(=O)/C=C/c1ccccc1)C2. The van der Waals surface area contributed by atoms with Gasteiger partial charge in [-0.05, 0) is 31.8 Å². The maximum absolute atomic E-state index is 12.6. The smallest absolute Gasteiger partial charge is 0.236 e. The molecule has 1 N–H and O–H groups in total. The molecule has 0 saturated carbocycles. The van der Waals surface area contributed by atoms with Crippen LogP contribution in [0.4, 0.5) is 0 Å². The molecule has 0 aliphatic carbocycles. The molecule has 1 aromatic carbocycles. The molecule has 0 unspecified atom stereocenters. The monoisotopic (exact) mass is 376 g/mol. The zero-order valence-corrected chi connectivity index (χ0v) is 15.8. The molecule has 26 heavy (non-hydrogen) atoms. The van der Waals surface area contributed by atoms with Crippen LogP contribution in [0.3, 0.4) is 0 Å². The molecule has 0 saturated heterocycles. The van der Waals surface area contributed by atoms with Crippen molar-refractivity contribution in [1.82, 2.24) is 19.0 Å². The van der Waals surface area contributed by atoms with Gasteiger partial charge in [-0.2, -0.15) is 9.40 Å². The van der Waals surface area contributed by atoms with Crippen molar-refractivity contribution in [3.63, 3.8) is 0 Å². The van der Waals surface area contributed by atoms with Crippen LogP contribution in [0, 0.1) is 0 Å². The van der Waals surface area contributed by atoms with Gasteiger partial charge in [0.1, 0.15) is 6.10 Å². The van der Waals surface area contributed by atoms with Gasteiger partial charge in [-0.3, -0.25) is 4.68 Å². The van der Waals surface area contributed by atoms with Crippen molar-refractivity contribution in [2.45, 2.75) is 19.2 Å². The minimum atomic E-state index is -3.51. The van der Waals surface area contributed by atoms with Gasteiger partial charge < -0.3 is 10.0 Å². The van der Waals surface area contributed by atoms with Gasteiger partial charge in [-0.1, -0.05) is 30.3 Å². The minimum absolute atomic E-state index is 0.253. The summed E-state index contributed by atoms with van der Waals surface area (Å²) in [6.07, 6.45) is 0.916. The second-order valence-corrected chi connectivity index (χ2v) is 8.47. The van der Waals surface area contributed by atoms with Crippen molar-refractivity contribution in [3.8, 4) is 0 Å². The molecule has 1 atom stereocenters. The van der Waals surface area contributed by atoms with Crippen molar-refractivity contribution in [1.29, 1.82) is 0 Å². The Bertz CT molecular complexity index is 875. The summed E-state index contributed by atoms with van der Waals surface area (Å²) >= 11 is 0. The number of aliphatic hydroxyl groups excluding tert-OH is 1. The number of aliphatic hydroxyl groups is 1. The zero-order chi connectivity index (χ0) is 18.7. The fraction of sp³-hybridized carbons (Fsp3) is 0.389. The van der Waals surface area contributed by atoms with Crippen LogP contribution in [0.5, 0.6) is 0 Å². The highest BCUT2D eigenvalue weighted by atomic mass is 32.2. The lowest BCUT2D eigenvalue weighted by Gasteiger charge is -2.25. The Morgan fingerprint density at radius 1 is 1.27 bits per heavy atom. The summed E-state index contributed by atoms with van der Waals surface area (Å²) in [5.41, 5.74) is 2.21. The van der Waals surface area contributed by atoms with Gasteiger partial charge in [0.25, 0.3) is 0 Å². The van der Waals surface area contributed by atoms with Crippen molar-refractivity contribution < 1.29 is 13.5 Å². The first-order chi connectivity index (χ1) is 12.3. The van der Waals surface area contributed by atoms with Crippen molar-refractivity contribution in [3.05, 3.63) is 58.8 Å². The van der Waals surface area contributed by atoms with E-state index in [-0.39, 0.29) is 6.54 Å². The van der Waals surface area contributed by atoms with E-state index in [1.807, 2.05) is 49.3 Å². The summed E-state index contributed by atoms with van der Waals surface area (Å²) in [7, 11) is 0.250. The highest BCUT2D eigenvalue weighted by molar-refractivity contribution is 7.92. The molecule has 0 amide bonds. The first-order valence-corrected chi connectivity index (χ1v) is 9.98. The molecule has 8 heteroatoms. The second kappa shape index (κ2) is 7.71. The number of sulfonamides is 1. The van der Waals surface area contributed by atoms with E-state index in [2.05, 4.69) is 5.10 Å². The Hall–Kier alpha value is -2.00. The summed E-state index contributed by atoms with van der Waals surface area (Å²) in [5, 5.41) is 15.9. The van der Waals surface area contributed by atoms with E-state index in [1.54, 1.807) is 16.8 Å². The molecule has 1 aromatic heterocycles. The van der Waals surface area contributed by atoms with E-state index in [1.165, 1.54) is 9.71 Å². The summed E-state index contributed by atoms with van der Waals surface area (Å²) in [6, 6.07) is 11.1. The minimum Gasteiger partial charge on any atom is -0.385 e. The first kappa shape index (κ1) is 18.8. The Morgan fingerprint density at radius 2 is 2.00 bits per heavy atom. The van der Waals surface area contributed by atoms with Crippen molar-refractivity contribution in [2.24, 2.45) is 0 Å². The van der Waals surface area contributed by atoms with Crippen LogP contribution in [-0.4, -0.2) is 59.7 Å². The molecule has 140 valence electrons. The van der Waals surface area contributed by atoms with Crippen molar-refractivity contribution >= 4 is 16.1 Å². The highest BCUT2D eigenvalue weighted by Gasteiger charge is 2.27. The van der Waals surface area contributed by atoms with Gasteiger partial charge in [-0.15, -0.1) is 0 Å². The number of nitrogens with zero attached hydrogens (tertiary/aromatic N) is 4. The molecule has 3 rings (SSSR count). The average molecular weight is 376 g/mol. The predicted octanol–water partition coefficient (Wildman–Crippen LogP) is 1.29. The Kier molecular flexibility index (Phi) is 5.57. The van der Waals surface area contributed by atoms with Crippen LogP contribution in [0.1, 0.15) is 23.1 Å². The average Bonchev–Trinajstić information content (AvgIpc) is 3.04. The van der Waals surface area contributed by atoms with E-state index in [9.17, 15) is 13.5 Å². The van der Waals surface area contributed by atoms with Crippen LogP contribution >= 0.6 is 0 Å². The summed E-state index contributed by atoms with van der Waals surface area (Å²) < 4.78 is 28.4. The number of hydrogen-bond acceptors (Lipinski definition) is 5. The lowest BCUT2D eigenvalue weighted by molar-refractivity contribution is 0.133. The molecule has 2 heterocycles. The number of rotatable bonds is 6. The maximum atomic E-state index is 12.6. The van der Waals surface area contributed by atoms with Gasteiger partial charge in [0, 0.05) is 18.5 Å². The van der Waals surface area contributed by atoms with E-state index < -0.39 is 16.1 Å². The third kappa shape index (κ3) is 4.39. The number of likely N-dealkylation sites (N-methyl/N-ethyl adjacent to an activating group) is 1. The third-order valence-corrected chi connectivity index (χ3v) is 5.76. The number of aromatic nitrogens is 2. The normalized spacial score (nSPS) is 16.9. The number of fused-ring (bicyclic) bond motifs is 1. The Balaban J connectivity index is 1.73. The first-order valence-electron chi connectivity index (χ1n) is 8.48. The van der Waals surface area contributed by atoms with Gasteiger partial charge >= 0.3 is 0 Å². The second-order valence-electron chi connectivity index (χ2n) is 6.65. The van der Waals surface area contributed by atoms with Crippen LogP contribution in [0.25, 0.3) is 6.08 Å². The molecule has 0 spiro atoms. The fourth-order valence-electron chi connectivity index (χ4n) is 2.90. The lowest BCUT2D eigenvalue weighted by atomic mass is 10.2. The van der Waals surface area contributed by atoms with Crippen LogP contribution in [0.15, 0.2) is 41.8 Å². The molecule has 7 nitrogen and oxygen atoms in total. The summed E-state index contributed by atoms with van der Waals surface area (Å²) in [5.74, 6) is 0. The van der Waals surface area contributed by atoms with E-state index in [0.717, 1.165) is 11.3 Å². The molecule has 0 bridgehead atoms. The molecule has 1 aliphatic heterocycles. The Labute approximate surface area is 154 Å². The molecule has 0 fully saturated rings. The van der Waals surface area contributed by atoms with E-state index in [0.29, 0.717) is 25.3 Å². The van der Waals surface area contributed by atoms with Crippen LogP contribution in [0.2, 0.25) is 0 Å². The van der Waals surface area contributed by atoms with Gasteiger partial charge in [0.2, 0.25) is 10.0 Å². The lowest BCUT2D eigenvalue weighted by Crippen LogP contribution is -2.37. The number of hydrogen-bond donors (Lipinski definition) is 1. The van der Waals surface area contributed by atoms with Crippen LogP contribution in [-0.2, 0) is 23.1 Å². The van der Waals surface area contributed by atoms with E-state index in [4.69, 9.17) is 0 Å². The molecule has 2 aromatic rings. The molecule has 0 radical (unpaired) electrons. The molecular formula is C18H24N4O3S. The predicted molar refractivity (Wildman–Crippen MR) is 101 cm³/mol. The van der Waals surface area contributed by atoms with Crippen LogP contribution < -0.4 is 0 Å². The quantitative estimate of drug-likeness (QED) is 0.822. The largest absolute Gasteiger partial charge is 0.385 e. The van der Waals surface area contributed by atoms with Crippen molar-refractivity contribution in [2.75, 3.05) is 27.2 Å². The summed E-state index contributed by atoms with van der Waals surface area (Å²) in [4.78, 5) is 1.88. The van der Waals surface area contributed by atoms with Gasteiger partial charge in [-0.25, -0.2) is 8.42 Å². The van der Waals surface area contributed by atoms with Gasteiger partial charge in [0.15, 0.2) is 0 Å². The zero-order valence-electron chi connectivity index (χ0n) is 15.0. The topological polar surface area (TPSA) is 78.7 Å². The summed E-state index contributed by atoms with van der Waals surface area (Å²) in [6.45, 7) is 1.56. The molecule has 1 aliphatic rings. The van der Waals surface area contributed by atoms with E-state index >= 15 is 0 Å². The molecular weight excluding hydrogens is 352 g/mol. The maximum Gasteiger partial charge on any atom is 0.236 e. The highest BCUT2D eigenvalue weighted by Crippen LogP contribution is 2.21.